The molecule has 0 aromatic rings. The van der Waals surface area contributed by atoms with Crippen LogP contribution in [0.15, 0.2) is 5.11 Å². The van der Waals surface area contributed by atoms with Crippen molar-refractivity contribution in [1.82, 2.24) is 0 Å². The summed E-state index contributed by atoms with van der Waals surface area (Å²) in [6, 6.07) is 0. The Bertz CT molecular complexity index is 71.7. The van der Waals surface area contributed by atoms with E-state index in [2.05, 4.69) is 12.0 Å². The van der Waals surface area contributed by atoms with Crippen molar-refractivity contribution in [2.75, 3.05) is 6.54 Å². The molecule has 0 N–H and O–H groups in total. The third-order valence-corrected chi connectivity index (χ3v) is 1.61. The van der Waals surface area contributed by atoms with E-state index >= 15 is 0 Å². The Labute approximate surface area is 63.5 Å². The van der Waals surface area contributed by atoms with Crippen LogP contribution in [0, 0.1) is 0 Å². The van der Waals surface area contributed by atoms with Crippen LogP contribution in [0.2, 0.25) is 0 Å². The van der Waals surface area contributed by atoms with Crippen LogP contribution in [0.3, 0.4) is 0 Å². The van der Waals surface area contributed by atoms with Gasteiger partial charge < -0.3 is 10.6 Å². The fourth-order valence-corrected chi connectivity index (χ4v) is 0.963. The van der Waals surface area contributed by atoms with Gasteiger partial charge in [0.15, 0.2) is 0 Å². The maximum Gasteiger partial charge on any atom is 0.0151 e. The lowest BCUT2D eigenvalue weighted by Gasteiger charge is -1.98. The van der Waals surface area contributed by atoms with Gasteiger partial charge in [0.05, 0.1) is 0 Å². The van der Waals surface area contributed by atoms with Gasteiger partial charge in [0.25, 0.3) is 0 Å². The molecule has 0 aromatic heterocycles. The van der Waals surface area contributed by atoms with Gasteiger partial charge >= 0.3 is 0 Å². The van der Waals surface area contributed by atoms with E-state index in [4.69, 9.17) is 5.53 Å². The van der Waals surface area contributed by atoms with Crippen molar-refractivity contribution in [1.29, 1.82) is 0 Å². The second kappa shape index (κ2) is 8.60. The monoisotopic (exact) mass is 141 g/mol. The zero-order valence-electron chi connectivity index (χ0n) is 6.84. The summed E-state index contributed by atoms with van der Waals surface area (Å²) < 4.78 is 0. The molecule has 0 radical (unpaired) electrons. The number of rotatable bonds is 7. The van der Waals surface area contributed by atoms with E-state index in [1.165, 1.54) is 32.1 Å². The van der Waals surface area contributed by atoms with Gasteiger partial charge in [0.2, 0.25) is 0 Å². The quantitative estimate of drug-likeness (QED) is 0.385. The third kappa shape index (κ3) is 7.60. The molecule has 0 aliphatic carbocycles. The third-order valence-electron chi connectivity index (χ3n) is 1.61. The highest BCUT2D eigenvalue weighted by atomic mass is 14.9. The molecule has 0 saturated heterocycles. The fourth-order valence-electron chi connectivity index (χ4n) is 0.963. The zero-order chi connectivity index (χ0) is 7.66. The Morgan fingerprint density at radius 3 is 2.20 bits per heavy atom. The molecule has 0 heterocycles. The van der Waals surface area contributed by atoms with Crippen molar-refractivity contribution in [3.05, 3.63) is 5.53 Å². The molecule has 0 bridgehead atoms. The summed E-state index contributed by atoms with van der Waals surface area (Å²) in [5.41, 5.74) is 8.09. The van der Waals surface area contributed by atoms with Crippen molar-refractivity contribution in [2.24, 2.45) is 5.11 Å². The van der Waals surface area contributed by atoms with Crippen LogP contribution < -0.4 is 0 Å². The molecule has 0 spiro atoms. The van der Waals surface area contributed by atoms with E-state index in [1.807, 2.05) is 0 Å². The Balaban J connectivity index is 2.70. The van der Waals surface area contributed by atoms with Gasteiger partial charge in [-0.05, 0) is 6.42 Å². The van der Waals surface area contributed by atoms with Crippen molar-refractivity contribution >= 4 is 0 Å². The Hall–Kier alpha value is -0.400. The van der Waals surface area contributed by atoms with Gasteiger partial charge in [-0.2, -0.15) is 0 Å². The molecule has 2 heteroatoms. The summed E-state index contributed by atoms with van der Waals surface area (Å²) in [5, 5.41) is 3.05. The summed E-state index contributed by atoms with van der Waals surface area (Å²) in [4.78, 5) is 0. The smallest absolute Gasteiger partial charge is 0.0151 e. The minimum atomic E-state index is 0.617. The van der Waals surface area contributed by atoms with Crippen molar-refractivity contribution in [3.8, 4) is 0 Å². The van der Waals surface area contributed by atoms with Gasteiger partial charge in [-0.3, -0.25) is 0 Å². The molecule has 0 unspecified atom stereocenters. The zero-order valence-corrected chi connectivity index (χ0v) is 6.84. The van der Waals surface area contributed by atoms with Crippen LogP contribution in [0.5, 0.6) is 0 Å². The highest BCUT2D eigenvalue weighted by molar-refractivity contribution is 4.45. The van der Waals surface area contributed by atoms with E-state index in [9.17, 15) is 0 Å². The van der Waals surface area contributed by atoms with Crippen LogP contribution in [0.25, 0.3) is 5.53 Å². The van der Waals surface area contributed by atoms with Crippen molar-refractivity contribution in [3.63, 3.8) is 0 Å². The molecule has 0 atom stereocenters. The van der Waals surface area contributed by atoms with Gasteiger partial charge in [-0.25, -0.2) is 0 Å². The lowest BCUT2D eigenvalue weighted by atomic mass is 10.1. The molecule has 0 fully saturated rings. The van der Waals surface area contributed by atoms with E-state index in [0.29, 0.717) is 6.54 Å². The number of nitrogens with zero attached hydrogens (tertiary/aromatic N) is 2. The van der Waals surface area contributed by atoms with Crippen LogP contribution >= 0.6 is 0 Å². The van der Waals surface area contributed by atoms with Gasteiger partial charge in [0.1, 0.15) is 0 Å². The first-order valence-corrected chi connectivity index (χ1v) is 4.22. The summed E-state index contributed by atoms with van der Waals surface area (Å²) in [6.07, 6.45) is 7.52. The minimum absolute atomic E-state index is 0.617. The first-order chi connectivity index (χ1) is 4.91. The van der Waals surface area contributed by atoms with Crippen LogP contribution in [0.1, 0.15) is 45.4 Å². The first-order valence-electron chi connectivity index (χ1n) is 4.22. The molecular formula is C8H17N2-. The van der Waals surface area contributed by atoms with E-state index in [1.54, 1.807) is 0 Å². The first kappa shape index (κ1) is 9.60. The Morgan fingerprint density at radius 1 is 1.00 bits per heavy atom. The number of unbranched alkanes of at least 4 members (excludes halogenated alkanes) is 5. The standard InChI is InChI=1S/C8H17N2/c1-2-3-4-5-6-7-8-10-9/h2-8H2,1H3/q-1. The average molecular weight is 141 g/mol. The lowest BCUT2D eigenvalue weighted by molar-refractivity contribution is 0.612. The maximum atomic E-state index is 8.09. The number of hydrogen-bond donors (Lipinski definition) is 0. The molecular weight excluding hydrogens is 124 g/mol. The predicted molar refractivity (Wildman–Crippen MR) is 44.0 cm³/mol. The highest BCUT2D eigenvalue weighted by Gasteiger charge is 1.86. The van der Waals surface area contributed by atoms with Crippen LogP contribution in [-0.4, -0.2) is 6.54 Å². The highest BCUT2D eigenvalue weighted by Crippen LogP contribution is 2.04. The topological polar surface area (TPSA) is 34.7 Å². The SMILES string of the molecule is CCCCCCCCN=[N-]. The molecule has 0 amide bonds. The molecule has 0 aromatic carbocycles. The largest absolute Gasteiger partial charge is 0.712 e. The second-order valence-corrected chi connectivity index (χ2v) is 2.63. The molecule has 0 aliphatic heterocycles. The van der Waals surface area contributed by atoms with Crippen LogP contribution in [0.4, 0.5) is 0 Å². The minimum Gasteiger partial charge on any atom is -0.712 e. The van der Waals surface area contributed by atoms with E-state index in [0.717, 1.165) is 6.42 Å². The molecule has 0 aliphatic rings. The average Bonchev–Trinajstić information content (AvgIpc) is 1.97. The Morgan fingerprint density at radius 2 is 1.60 bits per heavy atom. The Kier molecular flexibility index (Phi) is 8.26. The van der Waals surface area contributed by atoms with Gasteiger partial charge in [-0.15, -0.1) is 0 Å². The summed E-state index contributed by atoms with van der Waals surface area (Å²) in [7, 11) is 0. The normalized spacial score (nSPS) is 9.70. The summed E-state index contributed by atoms with van der Waals surface area (Å²) >= 11 is 0. The summed E-state index contributed by atoms with van der Waals surface area (Å²) in [6.45, 7) is 2.83. The van der Waals surface area contributed by atoms with Crippen molar-refractivity contribution < 1.29 is 0 Å². The predicted octanol–water partition coefficient (Wildman–Crippen LogP) is 3.37. The van der Waals surface area contributed by atoms with E-state index in [-0.39, 0.29) is 0 Å². The molecule has 60 valence electrons. The fraction of sp³-hybridized carbons (Fsp3) is 1.00. The van der Waals surface area contributed by atoms with Crippen LogP contribution in [-0.2, 0) is 0 Å². The second-order valence-electron chi connectivity index (χ2n) is 2.63. The maximum absolute atomic E-state index is 8.09. The lowest BCUT2D eigenvalue weighted by Crippen LogP contribution is -1.80. The van der Waals surface area contributed by atoms with Gasteiger partial charge in [0, 0.05) is 6.54 Å². The van der Waals surface area contributed by atoms with Crippen molar-refractivity contribution in [2.45, 2.75) is 45.4 Å². The van der Waals surface area contributed by atoms with Gasteiger partial charge in [-0.1, -0.05) is 39.0 Å². The molecule has 0 saturated carbocycles. The molecule has 0 rings (SSSR count). The summed E-state index contributed by atoms with van der Waals surface area (Å²) in [5.74, 6) is 0. The number of hydrogen-bond acceptors (Lipinski definition) is 1. The molecule has 10 heavy (non-hydrogen) atoms. The van der Waals surface area contributed by atoms with E-state index < -0.39 is 0 Å². The molecule has 2 nitrogen and oxygen atoms in total.